The Morgan fingerprint density at radius 1 is 1.45 bits per heavy atom. The van der Waals surface area contributed by atoms with Gasteiger partial charge in [0.05, 0.1) is 12.8 Å². The number of hydrogen-bond acceptors (Lipinski definition) is 4. The van der Waals surface area contributed by atoms with Gasteiger partial charge in [0.1, 0.15) is 5.75 Å². The molecule has 3 rings (SSSR count). The molecule has 1 aromatic carbocycles. The maximum absolute atomic E-state index is 5.26. The van der Waals surface area contributed by atoms with Gasteiger partial charge in [0.2, 0.25) is 0 Å². The third-order valence-electron chi connectivity index (χ3n) is 3.33. The number of fused-ring (bicyclic) bond motifs is 1. The minimum absolute atomic E-state index is 0.254. The lowest BCUT2D eigenvalue weighted by Gasteiger charge is -2.14. The van der Waals surface area contributed by atoms with E-state index in [1.54, 1.807) is 18.4 Å². The van der Waals surface area contributed by atoms with E-state index in [0.29, 0.717) is 0 Å². The van der Waals surface area contributed by atoms with Gasteiger partial charge in [-0.2, -0.15) is 0 Å². The van der Waals surface area contributed by atoms with Crippen LogP contribution < -0.4 is 10.1 Å². The molecule has 3 aromatic rings. The van der Waals surface area contributed by atoms with Crippen LogP contribution >= 0.6 is 11.3 Å². The van der Waals surface area contributed by atoms with Gasteiger partial charge < -0.3 is 10.1 Å². The zero-order valence-electron chi connectivity index (χ0n) is 11.5. The number of ether oxygens (including phenoxy) is 1. The van der Waals surface area contributed by atoms with Crippen LogP contribution in [0.4, 0.5) is 0 Å². The summed E-state index contributed by atoms with van der Waals surface area (Å²) in [6.45, 7) is 2.90. The minimum Gasteiger partial charge on any atom is -0.497 e. The van der Waals surface area contributed by atoms with E-state index in [9.17, 15) is 0 Å². The van der Waals surface area contributed by atoms with Crippen LogP contribution in [0.3, 0.4) is 0 Å². The van der Waals surface area contributed by atoms with Crippen LogP contribution in [0.1, 0.15) is 24.2 Å². The number of methoxy groups -OCH3 is 1. The highest BCUT2D eigenvalue weighted by atomic mass is 32.1. The van der Waals surface area contributed by atoms with Gasteiger partial charge in [-0.15, -0.1) is 11.3 Å². The summed E-state index contributed by atoms with van der Waals surface area (Å²) < 4.78 is 7.31. The molecule has 0 unspecified atom stereocenters. The van der Waals surface area contributed by atoms with E-state index in [-0.39, 0.29) is 6.04 Å². The number of benzene rings is 1. The molecule has 1 N–H and O–H groups in total. The van der Waals surface area contributed by atoms with Crippen LogP contribution in [0.5, 0.6) is 5.75 Å². The number of thiazole rings is 1. The molecule has 0 amide bonds. The quantitative estimate of drug-likeness (QED) is 0.783. The second-order valence-electron chi connectivity index (χ2n) is 4.70. The van der Waals surface area contributed by atoms with E-state index in [2.05, 4.69) is 40.0 Å². The van der Waals surface area contributed by atoms with Crippen molar-refractivity contribution < 1.29 is 4.74 Å². The fourth-order valence-electron chi connectivity index (χ4n) is 2.15. The summed E-state index contributed by atoms with van der Waals surface area (Å²) in [5, 5.41) is 5.53. The molecular formula is C15H17N3OS. The van der Waals surface area contributed by atoms with E-state index in [1.165, 1.54) is 5.56 Å². The van der Waals surface area contributed by atoms with Crippen molar-refractivity contribution in [3.8, 4) is 5.75 Å². The standard InChI is InChI=1S/C15H17N3OS/c1-11(12-4-3-5-14(8-12)19-2)16-9-13-10-18-6-7-20-15(18)17-13/h3-8,10-11,16H,9H2,1-2H3/t11-/m1/s1. The number of aromatic nitrogens is 2. The molecule has 1 atom stereocenters. The van der Waals surface area contributed by atoms with Crippen molar-refractivity contribution >= 4 is 16.3 Å². The fourth-order valence-corrected chi connectivity index (χ4v) is 2.87. The summed E-state index contributed by atoms with van der Waals surface area (Å²) in [6.07, 6.45) is 4.10. The van der Waals surface area contributed by atoms with Crippen LogP contribution in [0.25, 0.3) is 4.96 Å². The molecule has 0 aliphatic heterocycles. The van der Waals surface area contributed by atoms with Gasteiger partial charge in [-0.05, 0) is 24.6 Å². The summed E-state index contributed by atoms with van der Waals surface area (Å²) in [4.78, 5) is 5.60. The minimum atomic E-state index is 0.254. The Hall–Kier alpha value is -1.85. The second kappa shape index (κ2) is 5.64. The van der Waals surface area contributed by atoms with Crippen LogP contribution in [0.15, 0.2) is 42.0 Å². The second-order valence-corrected chi connectivity index (χ2v) is 5.58. The SMILES string of the molecule is COc1cccc([C@@H](C)NCc2cn3ccsc3n2)c1. The Balaban J connectivity index is 1.66. The fraction of sp³-hybridized carbons (Fsp3) is 0.267. The Morgan fingerprint density at radius 3 is 3.15 bits per heavy atom. The zero-order valence-corrected chi connectivity index (χ0v) is 12.4. The first-order chi connectivity index (χ1) is 9.76. The Labute approximate surface area is 122 Å². The number of hydrogen-bond donors (Lipinski definition) is 1. The molecule has 2 heterocycles. The average molecular weight is 287 g/mol. The normalized spacial score (nSPS) is 12.7. The highest BCUT2D eigenvalue weighted by Gasteiger charge is 2.08. The average Bonchev–Trinajstić information content (AvgIpc) is 3.05. The molecular weight excluding hydrogens is 270 g/mol. The van der Waals surface area contributed by atoms with Gasteiger partial charge in [0.15, 0.2) is 4.96 Å². The highest BCUT2D eigenvalue weighted by Crippen LogP contribution is 2.19. The van der Waals surface area contributed by atoms with E-state index in [4.69, 9.17) is 4.74 Å². The molecule has 0 saturated heterocycles. The van der Waals surface area contributed by atoms with Crippen molar-refractivity contribution in [3.63, 3.8) is 0 Å². The predicted octanol–water partition coefficient (Wildman–Crippen LogP) is 3.26. The Kier molecular flexibility index (Phi) is 3.71. The first-order valence-corrected chi connectivity index (χ1v) is 7.42. The van der Waals surface area contributed by atoms with Crippen LogP contribution in [0.2, 0.25) is 0 Å². The van der Waals surface area contributed by atoms with E-state index >= 15 is 0 Å². The summed E-state index contributed by atoms with van der Waals surface area (Å²) in [5.41, 5.74) is 2.27. The zero-order chi connectivity index (χ0) is 13.9. The van der Waals surface area contributed by atoms with Crippen molar-refractivity contribution in [1.29, 1.82) is 0 Å². The molecule has 20 heavy (non-hydrogen) atoms. The maximum Gasteiger partial charge on any atom is 0.193 e. The molecule has 5 heteroatoms. The highest BCUT2D eigenvalue weighted by molar-refractivity contribution is 7.15. The van der Waals surface area contributed by atoms with Crippen LogP contribution in [0, 0.1) is 0 Å². The summed E-state index contributed by atoms with van der Waals surface area (Å²) in [6, 6.07) is 8.39. The number of nitrogens with zero attached hydrogens (tertiary/aromatic N) is 2. The van der Waals surface area contributed by atoms with Crippen molar-refractivity contribution in [2.45, 2.75) is 19.5 Å². The number of rotatable bonds is 5. The van der Waals surface area contributed by atoms with Gasteiger partial charge in [-0.25, -0.2) is 4.98 Å². The lowest BCUT2D eigenvalue weighted by molar-refractivity contribution is 0.413. The van der Waals surface area contributed by atoms with Crippen molar-refractivity contribution in [2.75, 3.05) is 7.11 Å². The molecule has 2 aromatic heterocycles. The molecule has 0 spiro atoms. The Morgan fingerprint density at radius 2 is 2.35 bits per heavy atom. The van der Waals surface area contributed by atoms with Crippen molar-refractivity contribution in [2.24, 2.45) is 0 Å². The third kappa shape index (κ3) is 2.69. The smallest absolute Gasteiger partial charge is 0.193 e. The van der Waals surface area contributed by atoms with Gasteiger partial charge in [0, 0.05) is 30.4 Å². The lowest BCUT2D eigenvalue weighted by atomic mass is 10.1. The first kappa shape index (κ1) is 13.1. The molecule has 0 aliphatic carbocycles. The van der Waals surface area contributed by atoms with E-state index in [1.807, 2.05) is 23.7 Å². The first-order valence-electron chi connectivity index (χ1n) is 6.54. The molecule has 104 valence electrons. The molecule has 0 bridgehead atoms. The summed E-state index contributed by atoms with van der Waals surface area (Å²) in [7, 11) is 1.69. The molecule has 0 radical (unpaired) electrons. The van der Waals surface area contributed by atoms with Crippen molar-refractivity contribution in [1.82, 2.24) is 14.7 Å². The predicted molar refractivity (Wildman–Crippen MR) is 81.3 cm³/mol. The van der Waals surface area contributed by atoms with Gasteiger partial charge in [0.25, 0.3) is 0 Å². The molecule has 0 aliphatic rings. The number of nitrogens with one attached hydrogen (secondary N) is 1. The molecule has 0 saturated carbocycles. The van der Waals surface area contributed by atoms with Crippen molar-refractivity contribution in [3.05, 3.63) is 53.3 Å². The largest absolute Gasteiger partial charge is 0.497 e. The maximum atomic E-state index is 5.26. The van der Waals surface area contributed by atoms with Gasteiger partial charge >= 0.3 is 0 Å². The van der Waals surface area contributed by atoms with Gasteiger partial charge in [-0.3, -0.25) is 4.40 Å². The topological polar surface area (TPSA) is 38.6 Å². The lowest BCUT2D eigenvalue weighted by Crippen LogP contribution is -2.18. The van der Waals surface area contributed by atoms with Crippen LogP contribution in [-0.2, 0) is 6.54 Å². The third-order valence-corrected chi connectivity index (χ3v) is 4.10. The summed E-state index contributed by atoms with van der Waals surface area (Å²) >= 11 is 1.65. The molecule has 4 nitrogen and oxygen atoms in total. The van der Waals surface area contributed by atoms with Gasteiger partial charge in [-0.1, -0.05) is 12.1 Å². The van der Waals surface area contributed by atoms with Crippen LogP contribution in [-0.4, -0.2) is 16.5 Å². The molecule has 0 fully saturated rings. The number of imidazole rings is 1. The van der Waals surface area contributed by atoms with E-state index in [0.717, 1.165) is 22.9 Å². The Bertz CT molecular complexity index is 675. The monoisotopic (exact) mass is 287 g/mol. The van der Waals surface area contributed by atoms with E-state index < -0.39 is 0 Å². The summed E-state index contributed by atoms with van der Waals surface area (Å²) in [5.74, 6) is 0.888.